The summed E-state index contributed by atoms with van der Waals surface area (Å²) in [5.41, 5.74) is 8.73. The number of amides is 1. The second-order valence-electron chi connectivity index (χ2n) is 5.20. The molecule has 0 aliphatic heterocycles. The van der Waals surface area contributed by atoms with Gasteiger partial charge in [-0.3, -0.25) is 9.78 Å². The van der Waals surface area contributed by atoms with Crippen molar-refractivity contribution in [3.8, 4) is 0 Å². The van der Waals surface area contributed by atoms with Crippen LogP contribution in [0.5, 0.6) is 0 Å². The molecule has 0 aliphatic rings. The quantitative estimate of drug-likeness (QED) is 0.675. The van der Waals surface area contributed by atoms with Crippen molar-refractivity contribution < 1.29 is 4.79 Å². The zero-order chi connectivity index (χ0) is 16.6. The van der Waals surface area contributed by atoms with Crippen LogP contribution in [0.2, 0.25) is 0 Å². The highest BCUT2D eigenvalue weighted by molar-refractivity contribution is 5.98. The number of pyridine rings is 1. The molecule has 0 bridgehead atoms. The van der Waals surface area contributed by atoms with E-state index in [1.54, 1.807) is 13.1 Å². The number of fused-ring (bicyclic) bond motifs is 1. The van der Waals surface area contributed by atoms with Gasteiger partial charge in [0, 0.05) is 30.2 Å². The molecule has 3 rings (SSSR count). The summed E-state index contributed by atoms with van der Waals surface area (Å²) in [5, 5.41) is 10.4. The number of aromatic nitrogens is 4. The molecule has 8 nitrogen and oxygen atoms in total. The van der Waals surface area contributed by atoms with Crippen LogP contribution in [0.4, 0.5) is 17.3 Å². The molecule has 0 atom stereocenters. The fourth-order valence-electron chi connectivity index (χ4n) is 2.43. The van der Waals surface area contributed by atoms with Gasteiger partial charge in [0.2, 0.25) is 0 Å². The molecule has 3 heterocycles. The van der Waals surface area contributed by atoms with Gasteiger partial charge in [-0.1, -0.05) is 0 Å². The predicted octanol–water partition coefficient (Wildman–Crippen LogP) is 1.63. The van der Waals surface area contributed by atoms with Crippen LogP contribution in [0.1, 0.15) is 21.7 Å². The summed E-state index contributed by atoms with van der Waals surface area (Å²) in [6.45, 7) is 3.85. The SMILES string of the molecule is CNc1cc(Nc2cc(C)nc(C)c2)nc2c(C(N)=O)cnn12. The van der Waals surface area contributed by atoms with Crippen LogP contribution in [0, 0.1) is 13.8 Å². The number of carbonyl (C=O) groups is 1. The second kappa shape index (κ2) is 5.56. The lowest BCUT2D eigenvalue weighted by Crippen LogP contribution is -2.12. The molecule has 0 aliphatic carbocycles. The highest BCUT2D eigenvalue weighted by atomic mass is 16.1. The van der Waals surface area contributed by atoms with Crippen LogP contribution < -0.4 is 16.4 Å². The third-order valence-corrected chi connectivity index (χ3v) is 3.35. The summed E-state index contributed by atoms with van der Waals surface area (Å²) >= 11 is 0. The van der Waals surface area contributed by atoms with E-state index in [0.717, 1.165) is 17.1 Å². The van der Waals surface area contributed by atoms with Gasteiger partial charge in [0.15, 0.2) is 5.65 Å². The average molecular weight is 311 g/mol. The van der Waals surface area contributed by atoms with Crippen molar-refractivity contribution in [2.24, 2.45) is 5.73 Å². The van der Waals surface area contributed by atoms with Crippen molar-refractivity contribution in [2.75, 3.05) is 17.7 Å². The number of hydrogen-bond acceptors (Lipinski definition) is 6. The molecule has 8 heteroatoms. The van der Waals surface area contributed by atoms with Crippen LogP contribution in [0.25, 0.3) is 5.65 Å². The average Bonchev–Trinajstić information content (AvgIpc) is 2.89. The summed E-state index contributed by atoms with van der Waals surface area (Å²) in [5.74, 6) is 0.699. The van der Waals surface area contributed by atoms with E-state index in [4.69, 9.17) is 5.73 Å². The number of primary amides is 1. The van der Waals surface area contributed by atoms with Crippen molar-refractivity contribution in [3.05, 3.63) is 41.3 Å². The van der Waals surface area contributed by atoms with Gasteiger partial charge in [0.1, 0.15) is 17.2 Å². The van der Waals surface area contributed by atoms with Gasteiger partial charge in [0.05, 0.1) is 6.20 Å². The summed E-state index contributed by atoms with van der Waals surface area (Å²) in [6.07, 6.45) is 1.41. The minimum atomic E-state index is -0.567. The van der Waals surface area contributed by atoms with Crippen LogP contribution in [-0.4, -0.2) is 32.5 Å². The van der Waals surface area contributed by atoms with Gasteiger partial charge in [-0.15, -0.1) is 0 Å². The Kier molecular flexibility index (Phi) is 3.57. The largest absolute Gasteiger partial charge is 0.373 e. The molecule has 0 saturated carbocycles. The molecular weight excluding hydrogens is 294 g/mol. The van der Waals surface area contributed by atoms with Crippen LogP contribution in [0.15, 0.2) is 24.4 Å². The van der Waals surface area contributed by atoms with Gasteiger partial charge >= 0.3 is 0 Å². The number of aryl methyl sites for hydroxylation is 2. The first-order valence-electron chi connectivity index (χ1n) is 7.06. The first-order valence-corrected chi connectivity index (χ1v) is 7.06. The molecule has 0 unspecified atom stereocenters. The maximum absolute atomic E-state index is 11.5. The summed E-state index contributed by atoms with van der Waals surface area (Å²) in [4.78, 5) is 20.3. The highest BCUT2D eigenvalue weighted by Crippen LogP contribution is 2.22. The first kappa shape index (κ1) is 14.8. The maximum atomic E-state index is 11.5. The topological polar surface area (TPSA) is 110 Å². The number of carbonyl (C=O) groups excluding carboxylic acids is 1. The lowest BCUT2D eigenvalue weighted by Gasteiger charge is -2.11. The van der Waals surface area contributed by atoms with Crippen molar-refractivity contribution in [1.82, 2.24) is 19.6 Å². The summed E-state index contributed by atoms with van der Waals surface area (Å²) in [7, 11) is 1.77. The molecule has 23 heavy (non-hydrogen) atoms. The van der Waals surface area contributed by atoms with Crippen LogP contribution in [0.3, 0.4) is 0 Å². The molecule has 0 radical (unpaired) electrons. The standard InChI is InChI=1S/C15H17N7O/c1-8-4-10(5-9(2)19-8)20-12-6-13(17-3)22-15(21-12)11(7-18-22)14(16)23/h4-7,17H,1-3H3,(H2,16,23)(H,19,20,21). The van der Waals surface area contributed by atoms with Gasteiger partial charge in [-0.25, -0.2) is 4.98 Å². The first-order chi connectivity index (χ1) is 11.0. The van der Waals surface area contributed by atoms with Gasteiger partial charge in [0.25, 0.3) is 5.91 Å². The Morgan fingerprint density at radius 1 is 1.17 bits per heavy atom. The molecule has 4 N–H and O–H groups in total. The Balaban J connectivity index is 2.10. The van der Waals surface area contributed by atoms with Gasteiger partial charge < -0.3 is 16.4 Å². The van der Waals surface area contributed by atoms with Crippen LogP contribution >= 0.6 is 0 Å². The van der Waals surface area contributed by atoms with Gasteiger partial charge in [-0.05, 0) is 26.0 Å². The molecule has 0 fully saturated rings. The van der Waals surface area contributed by atoms with E-state index in [9.17, 15) is 4.79 Å². The Labute approximate surface area is 132 Å². The molecule has 3 aromatic rings. The lowest BCUT2D eigenvalue weighted by atomic mass is 10.3. The van der Waals surface area contributed by atoms with Crippen LogP contribution in [-0.2, 0) is 0 Å². The zero-order valence-electron chi connectivity index (χ0n) is 13.1. The summed E-state index contributed by atoms with van der Waals surface area (Å²) < 4.78 is 1.54. The Hall–Kier alpha value is -3.16. The number of anilines is 3. The van der Waals surface area contributed by atoms with E-state index in [1.807, 2.05) is 26.0 Å². The third-order valence-electron chi connectivity index (χ3n) is 3.35. The van der Waals surface area contributed by atoms with Crippen molar-refractivity contribution in [1.29, 1.82) is 0 Å². The maximum Gasteiger partial charge on any atom is 0.254 e. The fraction of sp³-hybridized carbons (Fsp3) is 0.200. The molecule has 1 amide bonds. The second-order valence-corrected chi connectivity index (χ2v) is 5.20. The minimum Gasteiger partial charge on any atom is -0.373 e. The molecule has 3 aromatic heterocycles. The molecule has 0 saturated heterocycles. The monoisotopic (exact) mass is 311 g/mol. The van der Waals surface area contributed by atoms with E-state index in [1.165, 1.54) is 10.7 Å². The normalized spacial score (nSPS) is 10.7. The molecule has 0 aromatic carbocycles. The fourth-order valence-corrected chi connectivity index (χ4v) is 2.43. The number of hydrogen-bond donors (Lipinski definition) is 3. The number of nitrogens with zero attached hydrogens (tertiary/aromatic N) is 4. The van der Waals surface area contributed by atoms with Crippen molar-refractivity contribution >= 4 is 28.9 Å². The molecule has 118 valence electrons. The number of nitrogens with two attached hydrogens (primary N) is 1. The summed E-state index contributed by atoms with van der Waals surface area (Å²) in [6, 6.07) is 5.64. The Morgan fingerprint density at radius 3 is 2.48 bits per heavy atom. The van der Waals surface area contributed by atoms with Crippen molar-refractivity contribution in [2.45, 2.75) is 13.8 Å². The number of nitrogens with one attached hydrogen (secondary N) is 2. The lowest BCUT2D eigenvalue weighted by molar-refractivity contribution is 0.100. The zero-order valence-corrected chi connectivity index (χ0v) is 13.1. The highest BCUT2D eigenvalue weighted by Gasteiger charge is 2.14. The third kappa shape index (κ3) is 2.78. The van der Waals surface area contributed by atoms with E-state index >= 15 is 0 Å². The Morgan fingerprint density at radius 2 is 1.87 bits per heavy atom. The Bertz CT molecular complexity index is 880. The van der Waals surface area contributed by atoms with E-state index in [2.05, 4.69) is 25.7 Å². The van der Waals surface area contributed by atoms with E-state index in [0.29, 0.717) is 17.3 Å². The minimum absolute atomic E-state index is 0.271. The molecule has 0 spiro atoms. The predicted molar refractivity (Wildman–Crippen MR) is 88.0 cm³/mol. The number of rotatable bonds is 4. The van der Waals surface area contributed by atoms with Gasteiger partial charge in [-0.2, -0.15) is 9.61 Å². The van der Waals surface area contributed by atoms with E-state index < -0.39 is 5.91 Å². The van der Waals surface area contributed by atoms with Crippen molar-refractivity contribution in [3.63, 3.8) is 0 Å². The smallest absolute Gasteiger partial charge is 0.254 e. The van der Waals surface area contributed by atoms with E-state index in [-0.39, 0.29) is 5.56 Å². The molecular formula is C15H17N7O.